The molecule has 1 aromatic carbocycles. The molecule has 0 bridgehead atoms. The number of carbonyl (C=O) groups is 1. The van der Waals surface area contributed by atoms with Crippen LogP contribution in [0.4, 0.5) is 0 Å². The topological polar surface area (TPSA) is 54.5 Å². The molecule has 0 aliphatic carbocycles. The van der Waals surface area contributed by atoms with E-state index in [9.17, 15) is 13.2 Å². The SMILES string of the molecule is O=CC1CCCN(S(=O)(=O)c2ccc(Br)cc2Cl)C1. The molecule has 1 atom stereocenters. The Morgan fingerprint density at radius 3 is 2.79 bits per heavy atom. The Hall–Kier alpha value is -0.430. The van der Waals surface area contributed by atoms with Crippen LogP contribution < -0.4 is 0 Å². The zero-order chi connectivity index (χ0) is 14.0. The average molecular weight is 367 g/mol. The van der Waals surface area contributed by atoms with Crippen LogP contribution in [-0.4, -0.2) is 32.1 Å². The first-order chi connectivity index (χ1) is 8.95. The van der Waals surface area contributed by atoms with E-state index in [2.05, 4.69) is 15.9 Å². The molecule has 0 saturated carbocycles. The number of benzene rings is 1. The van der Waals surface area contributed by atoms with Crippen molar-refractivity contribution in [1.29, 1.82) is 0 Å². The minimum absolute atomic E-state index is 0.0870. The van der Waals surface area contributed by atoms with Gasteiger partial charge in [-0.2, -0.15) is 4.31 Å². The fourth-order valence-corrected chi connectivity index (χ4v) is 4.67. The molecule has 0 aromatic heterocycles. The van der Waals surface area contributed by atoms with E-state index in [0.717, 1.165) is 17.2 Å². The van der Waals surface area contributed by atoms with Crippen LogP contribution in [0.5, 0.6) is 0 Å². The van der Waals surface area contributed by atoms with Gasteiger partial charge in [0.2, 0.25) is 10.0 Å². The molecule has 0 amide bonds. The van der Waals surface area contributed by atoms with Gasteiger partial charge in [-0.25, -0.2) is 8.42 Å². The number of piperidine rings is 1. The summed E-state index contributed by atoms with van der Waals surface area (Å²) in [7, 11) is -3.63. The first-order valence-corrected chi connectivity index (χ1v) is 8.47. The number of halogens is 2. The number of aldehydes is 1. The first kappa shape index (κ1) is 15.0. The third-order valence-electron chi connectivity index (χ3n) is 3.12. The molecule has 104 valence electrons. The van der Waals surface area contributed by atoms with Crippen molar-refractivity contribution in [2.75, 3.05) is 13.1 Å². The molecule has 1 heterocycles. The van der Waals surface area contributed by atoms with Crippen LogP contribution in [0.15, 0.2) is 27.6 Å². The Morgan fingerprint density at radius 2 is 2.16 bits per heavy atom. The van der Waals surface area contributed by atoms with Crippen molar-refractivity contribution >= 4 is 43.8 Å². The molecule has 2 rings (SSSR count). The van der Waals surface area contributed by atoms with Gasteiger partial charge in [0.15, 0.2) is 0 Å². The van der Waals surface area contributed by atoms with Crippen molar-refractivity contribution < 1.29 is 13.2 Å². The van der Waals surface area contributed by atoms with Crippen molar-refractivity contribution in [3.63, 3.8) is 0 Å². The smallest absolute Gasteiger partial charge is 0.244 e. The predicted molar refractivity (Wildman–Crippen MR) is 76.7 cm³/mol. The van der Waals surface area contributed by atoms with E-state index in [1.807, 2.05) is 0 Å². The largest absolute Gasteiger partial charge is 0.303 e. The van der Waals surface area contributed by atoms with Gasteiger partial charge in [-0.05, 0) is 31.0 Å². The Morgan fingerprint density at radius 1 is 1.42 bits per heavy atom. The third-order valence-corrected chi connectivity index (χ3v) is 5.97. The molecule has 1 fully saturated rings. The van der Waals surface area contributed by atoms with Gasteiger partial charge in [-0.3, -0.25) is 0 Å². The molecule has 1 unspecified atom stereocenters. The third kappa shape index (κ3) is 3.18. The van der Waals surface area contributed by atoms with E-state index in [1.165, 1.54) is 10.4 Å². The molecule has 19 heavy (non-hydrogen) atoms. The molecule has 1 aromatic rings. The van der Waals surface area contributed by atoms with Crippen molar-refractivity contribution in [3.05, 3.63) is 27.7 Å². The first-order valence-electron chi connectivity index (χ1n) is 5.85. The minimum Gasteiger partial charge on any atom is -0.303 e. The van der Waals surface area contributed by atoms with Crippen LogP contribution in [0.2, 0.25) is 5.02 Å². The van der Waals surface area contributed by atoms with E-state index in [-0.39, 0.29) is 22.4 Å². The lowest BCUT2D eigenvalue weighted by Gasteiger charge is -2.29. The second-order valence-electron chi connectivity index (χ2n) is 4.48. The maximum Gasteiger partial charge on any atom is 0.244 e. The lowest BCUT2D eigenvalue weighted by molar-refractivity contribution is -0.112. The van der Waals surface area contributed by atoms with Gasteiger partial charge >= 0.3 is 0 Å². The summed E-state index contributed by atoms with van der Waals surface area (Å²) in [6, 6.07) is 4.67. The number of sulfonamides is 1. The van der Waals surface area contributed by atoms with E-state index < -0.39 is 10.0 Å². The number of rotatable bonds is 3. The van der Waals surface area contributed by atoms with Crippen molar-refractivity contribution in [2.45, 2.75) is 17.7 Å². The van der Waals surface area contributed by atoms with Gasteiger partial charge < -0.3 is 4.79 Å². The second kappa shape index (κ2) is 5.91. The fraction of sp³-hybridized carbons (Fsp3) is 0.417. The second-order valence-corrected chi connectivity index (χ2v) is 7.71. The molecule has 1 aliphatic rings. The van der Waals surface area contributed by atoms with Crippen LogP contribution in [0.3, 0.4) is 0 Å². The van der Waals surface area contributed by atoms with Crippen LogP contribution in [-0.2, 0) is 14.8 Å². The van der Waals surface area contributed by atoms with Crippen LogP contribution in [0.25, 0.3) is 0 Å². The highest BCUT2D eigenvalue weighted by atomic mass is 79.9. The summed E-state index contributed by atoms with van der Waals surface area (Å²) in [5, 5.41) is 0.183. The van der Waals surface area contributed by atoms with Gasteiger partial charge in [-0.15, -0.1) is 0 Å². The molecular weight excluding hydrogens is 354 g/mol. The maximum absolute atomic E-state index is 12.5. The molecule has 0 radical (unpaired) electrons. The van der Waals surface area contributed by atoms with Crippen molar-refractivity contribution in [1.82, 2.24) is 4.31 Å². The number of nitrogens with zero attached hydrogens (tertiary/aromatic N) is 1. The Kier molecular flexibility index (Phi) is 4.66. The lowest BCUT2D eigenvalue weighted by atomic mass is 10.0. The van der Waals surface area contributed by atoms with Crippen molar-refractivity contribution in [2.24, 2.45) is 5.92 Å². The normalized spacial score (nSPS) is 21.3. The number of hydrogen-bond acceptors (Lipinski definition) is 3. The Balaban J connectivity index is 2.33. The molecule has 0 spiro atoms. The summed E-state index contributed by atoms with van der Waals surface area (Å²) in [6.45, 7) is 0.664. The highest BCUT2D eigenvalue weighted by Crippen LogP contribution is 2.29. The summed E-state index contributed by atoms with van der Waals surface area (Å²) >= 11 is 9.24. The molecular formula is C12H13BrClNO3S. The van der Waals surface area contributed by atoms with E-state index in [1.54, 1.807) is 12.1 Å². The zero-order valence-corrected chi connectivity index (χ0v) is 13.2. The standard InChI is InChI=1S/C12H13BrClNO3S/c13-10-3-4-12(11(14)6-10)19(17,18)15-5-1-2-9(7-15)8-16/h3-4,6,8-9H,1-2,5,7H2. The van der Waals surface area contributed by atoms with Crippen LogP contribution >= 0.6 is 27.5 Å². The average Bonchev–Trinajstić information content (AvgIpc) is 2.38. The maximum atomic E-state index is 12.5. The van der Waals surface area contributed by atoms with E-state index >= 15 is 0 Å². The summed E-state index contributed by atoms with van der Waals surface area (Å²) < 4.78 is 27.0. The zero-order valence-electron chi connectivity index (χ0n) is 10.1. The summed E-state index contributed by atoms with van der Waals surface area (Å²) in [5.41, 5.74) is 0. The van der Waals surface area contributed by atoms with E-state index in [0.29, 0.717) is 13.0 Å². The van der Waals surface area contributed by atoms with Gasteiger partial charge in [0, 0.05) is 23.5 Å². The summed E-state index contributed by atoms with van der Waals surface area (Å²) in [6.07, 6.45) is 2.26. The fourth-order valence-electron chi connectivity index (χ4n) is 2.13. The lowest BCUT2D eigenvalue weighted by Crippen LogP contribution is -2.40. The molecule has 4 nitrogen and oxygen atoms in total. The van der Waals surface area contributed by atoms with Gasteiger partial charge in [0.25, 0.3) is 0 Å². The monoisotopic (exact) mass is 365 g/mol. The molecule has 7 heteroatoms. The van der Waals surface area contributed by atoms with Gasteiger partial charge in [0.05, 0.1) is 5.02 Å². The quantitative estimate of drug-likeness (QED) is 0.773. The van der Waals surface area contributed by atoms with Gasteiger partial charge in [0.1, 0.15) is 11.2 Å². The molecule has 1 aliphatic heterocycles. The van der Waals surface area contributed by atoms with Crippen LogP contribution in [0, 0.1) is 5.92 Å². The van der Waals surface area contributed by atoms with Crippen molar-refractivity contribution in [3.8, 4) is 0 Å². The molecule has 0 N–H and O–H groups in total. The highest BCUT2D eigenvalue weighted by Gasteiger charge is 2.31. The number of hydrogen-bond donors (Lipinski definition) is 0. The van der Waals surface area contributed by atoms with E-state index in [4.69, 9.17) is 11.6 Å². The molecule has 1 saturated heterocycles. The number of carbonyl (C=O) groups excluding carboxylic acids is 1. The summed E-state index contributed by atoms with van der Waals surface area (Å²) in [4.78, 5) is 10.9. The van der Waals surface area contributed by atoms with Gasteiger partial charge in [-0.1, -0.05) is 27.5 Å². The Labute approximate surface area is 125 Å². The summed E-state index contributed by atoms with van der Waals surface area (Å²) in [5.74, 6) is -0.224. The van der Waals surface area contributed by atoms with Crippen LogP contribution in [0.1, 0.15) is 12.8 Å². The predicted octanol–water partition coefficient (Wildman–Crippen LogP) is 2.70. The minimum atomic E-state index is -3.63. The Bertz CT molecular complexity index is 591. The highest BCUT2D eigenvalue weighted by molar-refractivity contribution is 9.10.